The summed E-state index contributed by atoms with van der Waals surface area (Å²) >= 11 is 1.45. The van der Waals surface area contributed by atoms with Gasteiger partial charge in [0.2, 0.25) is 0 Å². The van der Waals surface area contributed by atoms with Crippen molar-refractivity contribution in [2.75, 3.05) is 13.2 Å². The second kappa shape index (κ2) is 8.39. The van der Waals surface area contributed by atoms with Gasteiger partial charge in [-0.3, -0.25) is 4.79 Å². The van der Waals surface area contributed by atoms with Gasteiger partial charge in [0, 0.05) is 21.2 Å². The van der Waals surface area contributed by atoms with Gasteiger partial charge in [0.05, 0.1) is 10.9 Å². The minimum Gasteiger partial charge on any atom is -0.459 e. The van der Waals surface area contributed by atoms with Gasteiger partial charge in [0.15, 0.2) is 5.43 Å². The summed E-state index contributed by atoms with van der Waals surface area (Å²) in [4.78, 5) is 37.0. The van der Waals surface area contributed by atoms with Gasteiger partial charge in [0.1, 0.15) is 13.2 Å². The molecule has 25 heavy (non-hydrogen) atoms. The Kier molecular flexibility index (Phi) is 6.25. The summed E-state index contributed by atoms with van der Waals surface area (Å²) in [6.45, 7) is 6.81. The molecule has 1 aromatic carbocycles. The van der Waals surface area contributed by atoms with Crippen LogP contribution in [0.1, 0.15) is 27.7 Å². The van der Waals surface area contributed by atoms with Gasteiger partial charge in [0.25, 0.3) is 0 Å². The van der Waals surface area contributed by atoms with Crippen LogP contribution in [0.4, 0.5) is 0 Å². The van der Waals surface area contributed by atoms with Crippen molar-refractivity contribution >= 4 is 39.4 Å². The molecule has 6 heteroatoms. The van der Waals surface area contributed by atoms with Crippen LogP contribution >= 0.6 is 11.3 Å². The molecule has 0 aliphatic heterocycles. The van der Waals surface area contributed by atoms with Gasteiger partial charge in [-0.25, -0.2) is 9.59 Å². The number of aryl methyl sites for hydroxylation is 1. The van der Waals surface area contributed by atoms with Crippen molar-refractivity contribution in [1.82, 2.24) is 0 Å². The van der Waals surface area contributed by atoms with Crippen LogP contribution in [-0.4, -0.2) is 25.2 Å². The van der Waals surface area contributed by atoms with E-state index >= 15 is 0 Å². The molecule has 0 aliphatic carbocycles. The van der Waals surface area contributed by atoms with Crippen LogP contribution in [0.2, 0.25) is 0 Å². The van der Waals surface area contributed by atoms with Crippen molar-refractivity contribution in [3.05, 3.63) is 63.2 Å². The summed E-state index contributed by atoms with van der Waals surface area (Å²) in [5.41, 5.74) is 0.578. The Labute approximate surface area is 149 Å². The number of allylic oxidation sites excluding steroid dienone is 1. The number of carbonyl (C=O) groups excluding carboxylic acids is 2. The third-order valence-electron chi connectivity index (χ3n) is 3.42. The molecular formula is C19H18O5S. The smallest absolute Gasteiger partial charge is 0.339 e. The largest absolute Gasteiger partial charge is 0.459 e. The Balaban J connectivity index is 2.33. The van der Waals surface area contributed by atoms with Crippen molar-refractivity contribution in [2.24, 2.45) is 0 Å². The lowest BCUT2D eigenvalue weighted by Crippen LogP contribution is -2.16. The fourth-order valence-electron chi connectivity index (χ4n) is 2.31. The molecule has 2 aromatic rings. The number of hydrogen-bond donors (Lipinski definition) is 0. The van der Waals surface area contributed by atoms with E-state index in [1.54, 1.807) is 30.4 Å². The Bertz CT molecular complexity index is 908. The molecule has 0 aliphatic rings. The first-order chi connectivity index (χ1) is 12.0. The molecule has 0 fully saturated rings. The molecule has 0 saturated carbocycles. The second-order valence-electron chi connectivity index (χ2n) is 5.09. The zero-order chi connectivity index (χ0) is 18.4. The average Bonchev–Trinajstić information content (AvgIpc) is 2.61. The van der Waals surface area contributed by atoms with E-state index in [1.165, 1.54) is 11.3 Å². The third-order valence-corrected chi connectivity index (χ3v) is 4.51. The topological polar surface area (TPSA) is 69.7 Å². The highest BCUT2D eigenvalue weighted by Gasteiger charge is 2.17. The number of fused-ring (bicyclic) bond motifs is 1. The first-order valence-electron chi connectivity index (χ1n) is 7.65. The van der Waals surface area contributed by atoms with Crippen molar-refractivity contribution in [1.29, 1.82) is 0 Å². The molecule has 5 nitrogen and oxygen atoms in total. The van der Waals surface area contributed by atoms with E-state index in [1.807, 2.05) is 13.8 Å². The van der Waals surface area contributed by atoms with Crippen molar-refractivity contribution < 1.29 is 19.1 Å². The van der Waals surface area contributed by atoms with E-state index in [9.17, 15) is 14.4 Å². The van der Waals surface area contributed by atoms with Crippen LogP contribution < -0.4 is 5.43 Å². The number of rotatable bonds is 6. The molecule has 0 radical (unpaired) electrons. The molecule has 0 N–H and O–H groups in total. The Morgan fingerprint density at radius 2 is 1.96 bits per heavy atom. The first kappa shape index (κ1) is 18.6. The predicted octanol–water partition coefficient (Wildman–Crippen LogP) is 3.49. The summed E-state index contributed by atoms with van der Waals surface area (Å²) in [6, 6.07) is 5.07. The summed E-state index contributed by atoms with van der Waals surface area (Å²) in [6.07, 6.45) is 4.56. The molecule has 0 spiro atoms. The third kappa shape index (κ3) is 4.22. The normalized spacial score (nSPS) is 10.8. The van der Waals surface area contributed by atoms with Crippen LogP contribution in [0, 0.1) is 6.92 Å². The Morgan fingerprint density at radius 3 is 2.64 bits per heavy atom. The van der Waals surface area contributed by atoms with E-state index in [0.717, 1.165) is 15.7 Å². The molecule has 1 heterocycles. The molecule has 1 aromatic heterocycles. The quantitative estimate of drug-likeness (QED) is 0.449. The lowest BCUT2D eigenvalue weighted by Gasteiger charge is -2.09. The van der Waals surface area contributed by atoms with E-state index < -0.39 is 11.9 Å². The maximum atomic E-state index is 12.8. The Morgan fingerprint density at radius 1 is 1.24 bits per heavy atom. The van der Waals surface area contributed by atoms with E-state index in [0.29, 0.717) is 10.9 Å². The maximum absolute atomic E-state index is 12.8. The van der Waals surface area contributed by atoms with Crippen molar-refractivity contribution in [3.63, 3.8) is 0 Å². The van der Waals surface area contributed by atoms with Crippen molar-refractivity contribution in [2.45, 2.75) is 13.8 Å². The highest BCUT2D eigenvalue weighted by atomic mass is 32.1. The van der Waals surface area contributed by atoms with Crippen LogP contribution in [0.15, 0.2) is 41.7 Å². The highest BCUT2D eigenvalue weighted by molar-refractivity contribution is 7.18. The van der Waals surface area contributed by atoms with Crippen LogP contribution in [0.5, 0.6) is 0 Å². The molecule has 0 saturated heterocycles. The molecule has 0 bridgehead atoms. The van der Waals surface area contributed by atoms with Crippen LogP contribution in [-0.2, 0) is 14.3 Å². The lowest BCUT2D eigenvalue weighted by atomic mass is 10.1. The standard InChI is InChI=1S/C19H18O5S/c1-4-7-13-12(3)25-15-9-6-8-14(17(15)18(13)21)19(22)24-11-10-23-16(20)5-2/h4-9H,2,10-11H2,1,3H3/b7-4-. The van der Waals surface area contributed by atoms with Crippen LogP contribution in [0.25, 0.3) is 16.2 Å². The zero-order valence-corrected chi connectivity index (χ0v) is 14.9. The van der Waals surface area contributed by atoms with Gasteiger partial charge < -0.3 is 9.47 Å². The highest BCUT2D eigenvalue weighted by Crippen LogP contribution is 2.25. The number of hydrogen-bond acceptors (Lipinski definition) is 6. The van der Waals surface area contributed by atoms with Gasteiger partial charge in [-0.2, -0.15) is 0 Å². The number of benzene rings is 1. The fraction of sp³-hybridized carbons (Fsp3) is 0.211. The molecule has 0 unspecified atom stereocenters. The minimum atomic E-state index is -0.625. The SMILES string of the molecule is C=CC(=O)OCCOC(=O)c1cccc2sc(C)c(/C=C\C)c(=O)c12. The molecule has 0 atom stereocenters. The summed E-state index contributed by atoms with van der Waals surface area (Å²) < 4.78 is 10.6. The summed E-state index contributed by atoms with van der Waals surface area (Å²) in [5, 5.41) is 0.347. The lowest BCUT2D eigenvalue weighted by molar-refractivity contribution is -0.138. The molecule has 0 amide bonds. The number of carbonyl (C=O) groups is 2. The molecule has 2 rings (SSSR count). The predicted molar refractivity (Wildman–Crippen MR) is 99.0 cm³/mol. The number of esters is 2. The zero-order valence-electron chi connectivity index (χ0n) is 14.0. The second-order valence-corrected chi connectivity index (χ2v) is 6.34. The van der Waals surface area contributed by atoms with Gasteiger partial charge in [-0.05, 0) is 26.0 Å². The average molecular weight is 358 g/mol. The Hall–Kier alpha value is -2.73. The maximum Gasteiger partial charge on any atom is 0.339 e. The van der Waals surface area contributed by atoms with Crippen LogP contribution in [0.3, 0.4) is 0 Å². The minimum absolute atomic E-state index is 0.0723. The van der Waals surface area contributed by atoms with E-state index in [-0.39, 0.29) is 24.2 Å². The summed E-state index contributed by atoms with van der Waals surface area (Å²) in [5.74, 6) is -1.21. The van der Waals surface area contributed by atoms with Gasteiger partial charge in [-0.1, -0.05) is 24.8 Å². The van der Waals surface area contributed by atoms with E-state index in [4.69, 9.17) is 9.47 Å². The monoisotopic (exact) mass is 358 g/mol. The van der Waals surface area contributed by atoms with E-state index in [2.05, 4.69) is 6.58 Å². The number of ether oxygens (including phenoxy) is 2. The van der Waals surface area contributed by atoms with Gasteiger partial charge in [-0.15, -0.1) is 11.3 Å². The first-order valence-corrected chi connectivity index (χ1v) is 8.46. The fourth-order valence-corrected chi connectivity index (χ4v) is 3.36. The summed E-state index contributed by atoms with van der Waals surface area (Å²) in [7, 11) is 0. The van der Waals surface area contributed by atoms with Crippen molar-refractivity contribution in [3.8, 4) is 0 Å². The molecular weight excluding hydrogens is 340 g/mol. The molecule has 130 valence electrons. The van der Waals surface area contributed by atoms with Gasteiger partial charge >= 0.3 is 11.9 Å².